The quantitative estimate of drug-likeness (QED) is 0.305. The van der Waals surface area contributed by atoms with Gasteiger partial charge in [-0.2, -0.15) is 0 Å². The Morgan fingerprint density at radius 1 is 0.816 bits per heavy atom. The number of nitrogens with zero attached hydrogens (tertiary/aromatic N) is 4. The summed E-state index contributed by atoms with van der Waals surface area (Å²) in [7, 11) is 2.79. The first-order chi connectivity index (χ1) is 18.1. The Morgan fingerprint density at radius 2 is 1.18 bits per heavy atom. The van der Waals surface area contributed by atoms with E-state index in [1.807, 2.05) is 0 Å². The van der Waals surface area contributed by atoms with Gasteiger partial charge in [0, 0.05) is 36.4 Å². The number of oxime groups is 2. The molecule has 16 nitrogen and oxygen atoms in total. The van der Waals surface area contributed by atoms with E-state index in [-0.39, 0.29) is 13.2 Å². The van der Waals surface area contributed by atoms with Crippen LogP contribution in [0, 0.1) is 13.8 Å². The zero-order valence-electron chi connectivity index (χ0n) is 21.2. The molecule has 2 fully saturated rings. The molecule has 208 valence electrons. The van der Waals surface area contributed by atoms with Crippen LogP contribution in [-0.4, -0.2) is 80.4 Å². The smallest absolute Gasteiger partial charge is 0.330 e. The van der Waals surface area contributed by atoms with Gasteiger partial charge >= 0.3 is 11.4 Å². The average molecular weight is 539 g/mol. The summed E-state index contributed by atoms with van der Waals surface area (Å²) in [4.78, 5) is 59.8. The van der Waals surface area contributed by atoms with Crippen LogP contribution in [0.1, 0.15) is 36.4 Å². The van der Waals surface area contributed by atoms with Crippen molar-refractivity contribution in [3.63, 3.8) is 0 Å². The molecular formula is C22H30N6O10. The zero-order chi connectivity index (χ0) is 28.0. The first-order valence-corrected chi connectivity index (χ1v) is 11.5. The first-order valence-electron chi connectivity index (χ1n) is 11.5. The molecule has 2 aromatic rings. The van der Waals surface area contributed by atoms with Gasteiger partial charge in [-0.15, -0.1) is 0 Å². The summed E-state index contributed by atoms with van der Waals surface area (Å²) in [5, 5.41) is 25.9. The first kappa shape index (κ1) is 28.7. The van der Waals surface area contributed by atoms with E-state index < -0.39 is 47.2 Å². The Labute approximate surface area is 214 Å². The Bertz CT molecular complexity index is 1310. The van der Waals surface area contributed by atoms with Crippen molar-refractivity contribution in [2.24, 2.45) is 10.3 Å². The van der Waals surface area contributed by atoms with Gasteiger partial charge in [-0.1, -0.05) is 10.3 Å². The van der Waals surface area contributed by atoms with Gasteiger partial charge in [-0.3, -0.25) is 28.7 Å². The van der Waals surface area contributed by atoms with Crippen LogP contribution in [0.2, 0.25) is 0 Å². The summed E-state index contributed by atoms with van der Waals surface area (Å²) in [6.07, 6.45) is 1.03. The lowest BCUT2D eigenvalue weighted by atomic mass is 10.2. The van der Waals surface area contributed by atoms with Gasteiger partial charge in [0.1, 0.15) is 38.9 Å². The van der Waals surface area contributed by atoms with Gasteiger partial charge in [0.25, 0.3) is 11.1 Å². The summed E-state index contributed by atoms with van der Waals surface area (Å²) < 4.78 is 13.6. The number of aromatic nitrogens is 4. The highest BCUT2D eigenvalue weighted by molar-refractivity contribution is 5.90. The highest BCUT2D eigenvalue weighted by atomic mass is 16.6. The summed E-state index contributed by atoms with van der Waals surface area (Å²) in [6.45, 7) is 2.68. The summed E-state index contributed by atoms with van der Waals surface area (Å²) in [5.41, 5.74) is -0.127. The second-order valence-electron chi connectivity index (χ2n) is 8.42. The third-order valence-corrected chi connectivity index (χ3v) is 5.81. The van der Waals surface area contributed by atoms with Gasteiger partial charge in [-0.05, 0) is 13.8 Å². The number of rotatable bonds is 6. The normalized spacial score (nSPS) is 24.9. The lowest BCUT2D eigenvalue weighted by Gasteiger charge is -2.14. The number of aryl methyl sites for hydroxylation is 2. The molecule has 0 aromatic carbocycles. The third-order valence-electron chi connectivity index (χ3n) is 5.81. The molecule has 4 N–H and O–H groups in total. The minimum Gasteiger partial charge on any atom is -0.399 e. The molecule has 2 aromatic heterocycles. The molecule has 0 amide bonds. The lowest BCUT2D eigenvalue weighted by Crippen LogP contribution is -2.33. The van der Waals surface area contributed by atoms with Crippen LogP contribution in [0.3, 0.4) is 0 Å². The molecule has 2 aliphatic rings. The second kappa shape index (κ2) is 12.6. The minimum absolute atomic E-state index is 0.254. The predicted octanol–water partition coefficient (Wildman–Crippen LogP) is -1.75. The van der Waals surface area contributed by atoms with E-state index >= 15 is 0 Å². The monoisotopic (exact) mass is 538 g/mol. The Kier molecular flexibility index (Phi) is 9.51. The van der Waals surface area contributed by atoms with E-state index in [4.69, 9.17) is 9.47 Å². The van der Waals surface area contributed by atoms with Gasteiger partial charge < -0.3 is 29.4 Å². The van der Waals surface area contributed by atoms with Crippen LogP contribution in [-0.2, 0) is 19.1 Å². The van der Waals surface area contributed by atoms with Crippen LogP contribution in [0.5, 0.6) is 0 Å². The number of nitrogens with one attached hydrogen (secondary N) is 2. The maximum absolute atomic E-state index is 11.7. The van der Waals surface area contributed by atoms with E-state index in [2.05, 4.69) is 30.0 Å². The van der Waals surface area contributed by atoms with Crippen molar-refractivity contribution in [3.8, 4) is 0 Å². The van der Waals surface area contributed by atoms with Crippen molar-refractivity contribution in [2.75, 3.05) is 27.4 Å². The number of hydrogen-bond donors (Lipinski definition) is 4. The van der Waals surface area contributed by atoms with Crippen molar-refractivity contribution in [1.82, 2.24) is 19.1 Å². The molecule has 38 heavy (non-hydrogen) atoms. The number of hydrogen-bond acceptors (Lipinski definition) is 12. The summed E-state index contributed by atoms with van der Waals surface area (Å²) >= 11 is 0. The molecule has 4 rings (SSSR count). The highest BCUT2D eigenvalue weighted by Crippen LogP contribution is 2.26. The molecular weight excluding hydrogens is 508 g/mol. The highest BCUT2D eigenvalue weighted by Gasteiger charge is 2.34. The predicted molar refractivity (Wildman–Crippen MR) is 132 cm³/mol. The fraction of sp³-hybridized carbons (Fsp3) is 0.545. The largest absolute Gasteiger partial charge is 0.399 e. The fourth-order valence-electron chi connectivity index (χ4n) is 3.90. The van der Waals surface area contributed by atoms with Crippen LogP contribution in [0.4, 0.5) is 0 Å². The molecule has 0 saturated carbocycles. The van der Waals surface area contributed by atoms with Crippen molar-refractivity contribution in [2.45, 2.75) is 51.4 Å². The number of aliphatic hydroxyl groups excluding tert-OH is 2. The van der Waals surface area contributed by atoms with E-state index in [1.54, 1.807) is 13.8 Å². The molecule has 2 aliphatic heterocycles. The van der Waals surface area contributed by atoms with Gasteiger partial charge in [0.2, 0.25) is 0 Å². The summed E-state index contributed by atoms with van der Waals surface area (Å²) in [6, 6.07) is 0. The molecule has 0 unspecified atom stereocenters. The van der Waals surface area contributed by atoms with Gasteiger partial charge in [-0.25, -0.2) is 9.59 Å². The maximum Gasteiger partial charge on any atom is 0.330 e. The van der Waals surface area contributed by atoms with Gasteiger partial charge in [0.15, 0.2) is 0 Å². The topological polar surface area (TPSA) is 212 Å². The van der Waals surface area contributed by atoms with Crippen molar-refractivity contribution >= 4 is 11.4 Å². The van der Waals surface area contributed by atoms with E-state index in [0.29, 0.717) is 35.4 Å². The molecule has 2 saturated heterocycles. The molecule has 0 bridgehead atoms. The number of ether oxygens (including phenoxy) is 2. The average Bonchev–Trinajstić information content (AvgIpc) is 3.48. The molecule has 16 heteroatoms. The van der Waals surface area contributed by atoms with Crippen LogP contribution in [0.25, 0.3) is 0 Å². The molecule has 4 heterocycles. The lowest BCUT2D eigenvalue weighted by molar-refractivity contribution is -0.0155. The standard InChI is InChI=1S/2C11H15N3O5/c2*1-6-4-14(11(17)12-10(6)16)9-3-7(13-18-2)8(5-15)19-9/h2*4,8-9,15H,3,5H2,1-2H3,(H,12,16,17)/b13-7+;13-7-/t2*8-,9-/m11/s1. The fourth-order valence-corrected chi connectivity index (χ4v) is 3.90. The molecule has 0 spiro atoms. The van der Waals surface area contributed by atoms with E-state index in [9.17, 15) is 29.4 Å². The molecule has 4 atom stereocenters. The van der Waals surface area contributed by atoms with Crippen molar-refractivity contribution in [3.05, 3.63) is 65.2 Å². The van der Waals surface area contributed by atoms with Crippen LogP contribution in [0.15, 0.2) is 41.9 Å². The van der Waals surface area contributed by atoms with Crippen molar-refractivity contribution in [1.29, 1.82) is 0 Å². The second-order valence-corrected chi connectivity index (χ2v) is 8.42. The number of aromatic amines is 2. The van der Waals surface area contributed by atoms with Gasteiger partial charge in [0.05, 0.1) is 24.6 Å². The Morgan fingerprint density at radius 3 is 1.50 bits per heavy atom. The Balaban J connectivity index is 0.000000211. The minimum atomic E-state index is -0.617. The third kappa shape index (κ3) is 6.34. The maximum atomic E-state index is 11.7. The van der Waals surface area contributed by atoms with Crippen molar-refractivity contribution < 1.29 is 29.4 Å². The van der Waals surface area contributed by atoms with Crippen LogP contribution >= 0.6 is 0 Å². The van der Waals surface area contributed by atoms with Crippen LogP contribution < -0.4 is 22.5 Å². The SMILES string of the molecule is CO/N=C1/C[C@H](n2cc(C)c(=O)[nH]c2=O)O[C@@H]1CO.CO/N=C1\C[C@H](n2cc(C)c(=O)[nH]c2=O)O[C@@H]1CO. The van der Waals surface area contributed by atoms with E-state index in [0.717, 1.165) is 0 Å². The number of aliphatic hydroxyl groups is 2. The molecule has 0 aliphatic carbocycles. The van der Waals surface area contributed by atoms with E-state index in [1.165, 1.54) is 35.7 Å². The zero-order valence-corrected chi connectivity index (χ0v) is 21.2. The Hall–Kier alpha value is -3.86. The number of H-pyrrole nitrogens is 2. The molecule has 0 radical (unpaired) electrons. The summed E-state index contributed by atoms with van der Waals surface area (Å²) in [5.74, 6) is 0.